The molecule has 1 fully saturated rings. The number of nitrogens with zero attached hydrogens (tertiary/aromatic N) is 1. The molecule has 2 N–H and O–H groups in total. The van der Waals surface area contributed by atoms with E-state index < -0.39 is 6.10 Å². The van der Waals surface area contributed by atoms with Crippen LogP contribution in [-0.4, -0.2) is 54.3 Å². The van der Waals surface area contributed by atoms with E-state index in [9.17, 15) is 9.90 Å². The number of carbonyl (C=O) groups excluding carboxylic acids is 1. The minimum absolute atomic E-state index is 0.0190. The number of hydrogen-bond acceptors (Lipinski definition) is 4. The number of aliphatic hydroxyl groups is 1. The van der Waals surface area contributed by atoms with Gasteiger partial charge in [-0.25, -0.2) is 0 Å². The first-order valence-electron chi connectivity index (χ1n) is 8.49. The van der Waals surface area contributed by atoms with E-state index in [4.69, 9.17) is 4.74 Å². The Morgan fingerprint density at radius 3 is 3.09 bits per heavy atom. The van der Waals surface area contributed by atoms with Crippen LogP contribution in [0.15, 0.2) is 24.3 Å². The summed E-state index contributed by atoms with van der Waals surface area (Å²) in [5.74, 6) is 0.755. The number of aryl methyl sites for hydroxylation is 1. The molecule has 1 aliphatic heterocycles. The molecule has 0 aliphatic carbocycles. The summed E-state index contributed by atoms with van der Waals surface area (Å²) in [5, 5.41) is 12.8. The molecule has 0 bridgehead atoms. The third-order valence-electron chi connectivity index (χ3n) is 4.12. The SMILES string of the molecule is CCCN1CCCC1C(=O)NCC(O)COc1cccc(C)c1. The Morgan fingerprint density at radius 2 is 2.35 bits per heavy atom. The van der Waals surface area contributed by atoms with Gasteiger partial charge in [-0.15, -0.1) is 0 Å². The van der Waals surface area contributed by atoms with Gasteiger partial charge < -0.3 is 15.2 Å². The van der Waals surface area contributed by atoms with Crippen molar-refractivity contribution in [1.82, 2.24) is 10.2 Å². The maximum absolute atomic E-state index is 12.2. The fourth-order valence-electron chi connectivity index (χ4n) is 2.97. The summed E-state index contributed by atoms with van der Waals surface area (Å²) < 4.78 is 5.55. The van der Waals surface area contributed by atoms with E-state index in [0.29, 0.717) is 0 Å². The summed E-state index contributed by atoms with van der Waals surface area (Å²) in [6.45, 7) is 6.46. The molecule has 0 aromatic heterocycles. The van der Waals surface area contributed by atoms with Crippen LogP contribution in [0, 0.1) is 6.92 Å². The lowest BCUT2D eigenvalue weighted by Gasteiger charge is -2.23. The quantitative estimate of drug-likeness (QED) is 0.766. The fraction of sp³-hybridized carbons (Fsp3) is 0.611. The molecule has 5 nitrogen and oxygen atoms in total. The summed E-state index contributed by atoms with van der Waals surface area (Å²) in [6, 6.07) is 7.65. The molecule has 0 radical (unpaired) electrons. The van der Waals surface area contributed by atoms with Gasteiger partial charge in [-0.05, 0) is 57.0 Å². The van der Waals surface area contributed by atoms with Gasteiger partial charge in [-0.2, -0.15) is 0 Å². The highest BCUT2D eigenvalue weighted by Crippen LogP contribution is 2.17. The molecular formula is C18H28N2O3. The zero-order valence-corrected chi connectivity index (χ0v) is 14.1. The number of benzene rings is 1. The lowest BCUT2D eigenvalue weighted by atomic mass is 10.2. The van der Waals surface area contributed by atoms with Crippen molar-refractivity contribution in [1.29, 1.82) is 0 Å². The Labute approximate surface area is 138 Å². The average Bonchev–Trinajstić information content (AvgIpc) is 2.99. The average molecular weight is 320 g/mol. The molecule has 1 aromatic carbocycles. The van der Waals surface area contributed by atoms with E-state index in [-0.39, 0.29) is 25.1 Å². The third kappa shape index (κ3) is 5.52. The second-order valence-electron chi connectivity index (χ2n) is 6.22. The molecule has 23 heavy (non-hydrogen) atoms. The van der Waals surface area contributed by atoms with Gasteiger partial charge in [0.2, 0.25) is 5.91 Å². The summed E-state index contributed by atoms with van der Waals surface area (Å²) in [7, 11) is 0. The van der Waals surface area contributed by atoms with Crippen molar-refractivity contribution in [2.75, 3.05) is 26.2 Å². The van der Waals surface area contributed by atoms with Gasteiger partial charge in [0, 0.05) is 6.54 Å². The number of aliphatic hydroxyl groups excluding tert-OH is 1. The van der Waals surface area contributed by atoms with E-state index >= 15 is 0 Å². The molecule has 128 valence electrons. The summed E-state index contributed by atoms with van der Waals surface area (Å²) in [5.41, 5.74) is 1.11. The van der Waals surface area contributed by atoms with Gasteiger partial charge in [0.05, 0.1) is 6.04 Å². The number of hydrogen-bond donors (Lipinski definition) is 2. The molecule has 2 unspecified atom stereocenters. The van der Waals surface area contributed by atoms with Crippen molar-refractivity contribution < 1.29 is 14.6 Å². The summed E-state index contributed by atoms with van der Waals surface area (Å²) >= 11 is 0. The van der Waals surface area contributed by atoms with Crippen molar-refractivity contribution >= 4 is 5.91 Å². The topological polar surface area (TPSA) is 61.8 Å². The first kappa shape index (κ1) is 17.8. The molecule has 1 heterocycles. The van der Waals surface area contributed by atoms with E-state index in [1.54, 1.807) is 0 Å². The van der Waals surface area contributed by atoms with Crippen molar-refractivity contribution in [3.8, 4) is 5.75 Å². The van der Waals surface area contributed by atoms with Gasteiger partial charge in [0.25, 0.3) is 0 Å². The van der Waals surface area contributed by atoms with E-state index in [0.717, 1.165) is 43.7 Å². The van der Waals surface area contributed by atoms with Crippen molar-refractivity contribution in [3.63, 3.8) is 0 Å². The number of likely N-dealkylation sites (tertiary alicyclic amines) is 1. The van der Waals surface area contributed by atoms with Crippen molar-refractivity contribution in [3.05, 3.63) is 29.8 Å². The van der Waals surface area contributed by atoms with Crippen LogP contribution in [0.4, 0.5) is 0 Å². The van der Waals surface area contributed by atoms with Crippen LogP contribution < -0.4 is 10.1 Å². The molecule has 5 heteroatoms. The van der Waals surface area contributed by atoms with E-state index in [1.807, 2.05) is 31.2 Å². The highest BCUT2D eigenvalue weighted by molar-refractivity contribution is 5.82. The predicted octanol–water partition coefficient (Wildman–Crippen LogP) is 1.73. The first-order chi connectivity index (χ1) is 11.1. The van der Waals surface area contributed by atoms with E-state index in [1.165, 1.54) is 0 Å². The fourth-order valence-corrected chi connectivity index (χ4v) is 2.97. The highest BCUT2D eigenvalue weighted by atomic mass is 16.5. The number of carbonyl (C=O) groups is 1. The van der Waals surface area contributed by atoms with Crippen LogP contribution in [-0.2, 0) is 4.79 Å². The molecule has 0 spiro atoms. The first-order valence-corrected chi connectivity index (χ1v) is 8.49. The largest absolute Gasteiger partial charge is 0.491 e. The second-order valence-corrected chi connectivity index (χ2v) is 6.22. The molecule has 1 aliphatic rings. The number of amides is 1. The molecule has 1 amide bonds. The molecule has 1 saturated heterocycles. The van der Waals surface area contributed by atoms with Crippen LogP contribution in [0.1, 0.15) is 31.7 Å². The predicted molar refractivity (Wildman–Crippen MR) is 90.6 cm³/mol. The summed E-state index contributed by atoms with van der Waals surface area (Å²) in [4.78, 5) is 14.5. The van der Waals surface area contributed by atoms with Crippen LogP contribution >= 0.6 is 0 Å². The normalized spacial score (nSPS) is 19.5. The molecule has 0 saturated carbocycles. The Hall–Kier alpha value is -1.59. The van der Waals surface area contributed by atoms with Gasteiger partial charge in [0.15, 0.2) is 0 Å². The minimum Gasteiger partial charge on any atom is -0.491 e. The smallest absolute Gasteiger partial charge is 0.237 e. The Morgan fingerprint density at radius 1 is 1.52 bits per heavy atom. The maximum Gasteiger partial charge on any atom is 0.237 e. The zero-order chi connectivity index (χ0) is 16.7. The van der Waals surface area contributed by atoms with E-state index in [2.05, 4.69) is 17.1 Å². The van der Waals surface area contributed by atoms with Gasteiger partial charge in [-0.1, -0.05) is 19.1 Å². The van der Waals surface area contributed by atoms with Crippen molar-refractivity contribution in [2.45, 2.75) is 45.3 Å². The standard InChI is InChI=1S/C18H28N2O3/c1-3-9-20-10-5-8-17(20)18(22)19-12-15(21)13-23-16-7-4-6-14(2)11-16/h4,6-7,11,15,17,21H,3,5,8-10,12-13H2,1-2H3,(H,19,22). The minimum atomic E-state index is -0.708. The van der Waals surface area contributed by atoms with Crippen LogP contribution in [0.25, 0.3) is 0 Å². The monoisotopic (exact) mass is 320 g/mol. The Balaban J connectivity index is 1.71. The molecular weight excluding hydrogens is 292 g/mol. The van der Waals surface area contributed by atoms with Gasteiger partial charge >= 0.3 is 0 Å². The van der Waals surface area contributed by atoms with Gasteiger partial charge in [-0.3, -0.25) is 9.69 Å². The van der Waals surface area contributed by atoms with Gasteiger partial charge in [0.1, 0.15) is 18.5 Å². The number of ether oxygens (including phenoxy) is 1. The Kier molecular flexibility index (Phi) is 6.86. The lowest BCUT2D eigenvalue weighted by Crippen LogP contribution is -2.46. The van der Waals surface area contributed by atoms with Crippen molar-refractivity contribution in [2.24, 2.45) is 0 Å². The Bertz CT molecular complexity index is 507. The number of rotatable bonds is 8. The van der Waals surface area contributed by atoms with Crippen LogP contribution in [0.3, 0.4) is 0 Å². The van der Waals surface area contributed by atoms with Crippen LogP contribution in [0.5, 0.6) is 5.75 Å². The molecule has 2 atom stereocenters. The lowest BCUT2D eigenvalue weighted by molar-refractivity contribution is -0.126. The number of nitrogens with one attached hydrogen (secondary N) is 1. The zero-order valence-electron chi connectivity index (χ0n) is 14.1. The highest BCUT2D eigenvalue weighted by Gasteiger charge is 2.29. The second kappa shape index (κ2) is 8.89. The molecule has 2 rings (SSSR count). The third-order valence-corrected chi connectivity index (χ3v) is 4.12. The summed E-state index contributed by atoms with van der Waals surface area (Å²) in [6.07, 6.45) is 2.32. The molecule has 1 aromatic rings. The maximum atomic E-state index is 12.2. The van der Waals surface area contributed by atoms with Crippen LogP contribution in [0.2, 0.25) is 0 Å².